The molecule has 5 N–H and O–H groups in total. The second kappa shape index (κ2) is 4.61. The normalized spacial score (nSPS) is 25.5. The predicted molar refractivity (Wildman–Crippen MR) is 72.1 cm³/mol. The number of hydrogen-bond donors (Lipinski definition) is 3. The number of nitrogen functional groups attached to an aromatic ring is 2. The maximum atomic E-state index is 5.69. The van der Waals surface area contributed by atoms with Crippen molar-refractivity contribution >= 4 is 17.6 Å². The van der Waals surface area contributed by atoms with Gasteiger partial charge < -0.3 is 21.5 Å². The van der Waals surface area contributed by atoms with Gasteiger partial charge in [-0.25, -0.2) is 0 Å². The van der Waals surface area contributed by atoms with Gasteiger partial charge in [-0.15, -0.1) is 0 Å². The van der Waals surface area contributed by atoms with Gasteiger partial charge in [0.05, 0.1) is 6.10 Å². The van der Waals surface area contributed by atoms with Crippen LogP contribution in [0.25, 0.3) is 0 Å². The van der Waals surface area contributed by atoms with E-state index in [0.717, 1.165) is 13.0 Å². The minimum atomic E-state index is 0.0739. The van der Waals surface area contributed by atoms with Gasteiger partial charge in [-0.2, -0.15) is 9.97 Å². The summed E-state index contributed by atoms with van der Waals surface area (Å²) in [5.41, 5.74) is 11.3. The van der Waals surface area contributed by atoms with Crippen molar-refractivity contribution < 1.29 is 4.74 Å². The maximum Gasteiger partial charge on any atom is 0.223 e. The van der Waals surface area contributed by atoms with Crippen LogP contribution in [0.2, 0.25) is 0 Å². The Bertz CT molecular complexity index is 414. The summed E-state index contributed by atoms with van der Waals surface area (Å²) in [6, 6.07) is 2.00. The number of rotatable bonds is 4. The average molecular weight is 251 g/mol. The Balaban J connectivity index is 2.03. The lowest BCUT2D eigenvalue weighted by atomic mass is 9.64. The van der Waals surface area contributed by atoms with Crippen molar-refractivity contribution in [3.05, 3.63) is 6.07 Å². The molecule has 1 saturated carbocycles. The molecule has 2 atom stereocenters. The largest absolute Gasteiger partial charge is 0.383 e. The van der Waals surface area contributed by atoms with Crippen molar-refractivity contribution in [1.29, 1.82) is 0 Å². The van der Waals surface area contributed by atoms with E-state index in [1.807, 2.05) is 6.92 Å². The van der Waals surface area contributed by atoms with Gasteiger partial charge in [0.2, 0.25) is 5.95 Å². The summed E-state index contributed by atoms with van der Waals surface area (Å²) in [7, 11) is 0. The zero-order valence-corrected chi connectivity index (χ0v) is 11.1. The fourth-order valence-electron chi connectivity index (χ4n) is 2.35. The maximum absolute atomic E-state index is 5.69. The smallest absolute Gasteiger partial charge is 0.223 e. The highest BCUT2D eigenvalue weighted by atomic mass is 16.5. The molecule has 2 unspecified atom stereocenters. The third-order valence-electron chi connectivity index (χ3n) is 3.63. The Morgan fingerprint density at radius 1 is 1.44 bits per heavy atom. The highest BCUT2D eigenvalue weighted by Gasteiger charge is 2.49. The van der Waals surface area contributed by atoms with Gasteiger partial charge in [-0.3, -0.25) is 0 Å². The van der Waals surface area contributed by atoms with E-state index in [-0.39, 0.29) is 17.5 Å². The highest BCUT2D eigenvalue weighted by Crippen LogP contribution is 2.44. The third kappa shape index (κ3) is 2.33. The average Bonchev–Trinajstić information content (AvgIpc) is 2.26. The zero-order valence-electron chi connectivity index (χ0n) is 11.1. The van der Waals surface area contributed by atoms with E-state index in [2.05, 4.69) is 29.1 Å². The Kier molecular flexibility index (Phi) is 3.30. The summed E-state index contributed by atoms with van der Waals surface area (Å²) >= 11 is 0. The van der Waals surface area contributed by atoms with E-state index in [9.17, 15) is 0 Å². The summed E-state index contributed by atoms with van der Waals surface area (Å²) < 4.78 is 5.69. The Hall–Kier alpha value is -1.56. The van der Waals surface area contributed by atoms with Crippen LogP contribution in [0, 0.1) is 5.41 Å². The molecule has 2 rings (SSSR count). The van der Waals surface area contributed by atoms with Gasteiger partial charge in [-0.05, 0) is 13.3 Å². The van der Waals surface area contributed by atoms with Crippen molar-refractivity contribution in [1.82, 2.24) is 9.97 Å². The summed E-state index contributed by atoms with van der Waals surface area (Å²) in [5, 5.41) is 3.35. The van der Waals surface area contributed by atoms with Crippen molar-refractivity contribution in [2.75, 3.05) is 23.4 Å². The van der Waals surface area contributed by atoms with Crippen molar-refractivity contribution in [3.8, 4) is 0 Å². The fourth-order valence-corrected chi connectivity index (χ4v) is 2.35. The van der Waals surface area contributed by atoms with E-state index in [1.54, 1.807) is 6.07 Å². The monoisotopic (exact) mass is 251 g/mol. The van der Waals surface area contributed by atoms with Gasteiger partial charge in [0.1, 0.15) is 11.6 Å². The van der Waals surface area contributed by atoms with E-state index < -0.39 is 0 Å². The topological polar surface area (TPSA) is 99.1 Å². The van der Waals surface area contributed by atoms with E-state index in [1.165, 1.54) is 0 Å². The number of anilines is 3. The Labute approximate surface area is 107 Å². The predicted octanol–water partition coefficient (Wildman–Crippen LogP) is 1.26. The fraction of sp³-hybridized carbons (Fsp3) is 0.667. The van der Waals surface area contributed by atoms with Crippen LogP contribution in [0.15, 0.2) is 6.07 Å². The molecular formula is C12H21N5O. The van der Waals surface area contributed by atoms with Crippen LogP contribution in [0.5, 0.6) is 0 Å². The highest BCUT2D eigenvalue weighted by molar-refractivity contribution is 5.49. The SMILES string of the molecule is CCOC1CC(Nc2cc(N)nc(N)n2)C1(C)C. The van der Waals surface area contributed by atoms with Gasteiger partial charge in [0, 0.05) is 24.1 Å². The van der Waals surface area contributed by atoms with Crippen LogP contribution in [0.4, 0.5) is 17.6 Å². The molecule has 6 heteroatoms. The number of nitrogens with zero attached hydrogens (tertiary/aromatic N) is 2. The number of nitrogens with one attached hydrogen (secondary N) is 1. The number of ether oxygens (including phenoxy) is 1. The van der Waals surface area contributed by atoms with Crippen LogP contribution < -0.4 is 16.8 Å². The Morgan fingerprint density at radius 3 is 2.72 bits per heavy atom. The molecule has 100 valence electrons. The van der Waals surface area contributed by atoms with Crippen LogP contribution in [-0.2, 0) is 4.74 Å². The lowest BCUT2D eigenvalue weighted by molar-refractivity contribution is -0.0976. The van der Waals surface area contributed by atoms with E-state index >= 15 is 0 Å². The number of nitrogens with two attached hydrogens (primary N) is 2. The van der Waals surface area contributed by atoms with Crippen molar-refractivity contribution in [2.24, 2.45) is 5.41 Å². The van der Waals surface area contributed by atoms with Gasteiger partial charge >= 0.3 is 0 Å². The molecule has 0 bridgehead atoms. The molecule has 0 radical (unpaired) electrons. The minimum Gasteiger partial charge on any atom is -0.383 e. The van der Waals surface area contributed by atoms with Crippen LogP contribution in [0.1, 0.15) is 27.2 Å². The third-order valence-corrected chi connectivity index (χ3v) is 3.63. The molecule has 0 saturated heterocycles. The summed E-state index contributed by atoms with van der Waals surface area (Å²) in [6.45, 7) is 7.13. The second-order valence-corrected chi connectivity index (χ2v) is 5.23. The first-order valence-electron chi connectivity index (χ1n) is 6.21. The first kappa shape index (κ1) is 12.9. The lowest BCUT2D eigenvalue weighted by Crippen LogP contribution is -2.58. The quantitative estimate of drug-likeness (QED) is 0.745. The summed E-state index contributed by atoms with van der Waals surface area (Å²) in [4.78, 5) is 7.97. The Morgan fingerprint density at radius 2 is 2.17 bits per heavy atom. The molecule has 1 aromatic heterocycles. The molecule has 0 amide bonds. The first-order valence-corrected chi connectivity index (χ1v) is 6.21. The molecule has 0 aromatic carbocycles. The summed E-state index contributed by atoms with van der Waals surface area (Å²) in [6.07, 6.45) is 1.25. The van der Waals surface area contributed by atoms with E-state index in [4.69, 9.17) is 16.2 Å². The molecular weight excluding hydrogens is 230 g/mol. The molecule has 1 heterocycles. The van der Waals surface area contributed by atoms with Crippen LogP contribution in [-0.4, -0.2) is 28.7 Å². The van der Waals surface area contributed by atoms with Crippen molar-refractivity contribution in [3.63, 3.8) is 0 Å². The number of hydrogen-bond acceptors (Lipinski definition) is 6. The van der Waals surface area contributed by atoms with Crippen LogP contribution >= 0.6 is 0 Å². The standard InChI is InChI=1S/C12H21N5O/c1-4-18-8-5-7(12(8,2)3)15-10-6-9(13)16-11(14)17-10/h6-8H,4-5H2,1-3H3,(H5,13,14,15,16,17). The zero-order chi connectivity index (χ0) is 13.3. The molecule has 1 aliphatic rings. The molecule has 6 nitrogen and oxygen atoms in total. The van der Waals surface area contributed by atoms with Crippen molar-refractivity contribution in [2.45, 2.75) is 39.3 Å². The lowest BCUT2D eigenvalue weighted by Gasteiger charge is -2.51. The molecule has 0 aliphatic heterocycles. The van der Waals surface area contributed by atoms with E-state index in [0.29, 0.717) is 17.7 Å². The number of aromatic nitrogens is 2. The minimum absolute atomic E-state index is 0.0739. The van der Waals surface area contributed by atoms with Gasteiger partial charge in [0.25, 0.3) is 0 Å². The summed E-state index contributed by atoms with van der Waals surface area (Å²) in [5.74, 6) is 1.24. The first-order chi connectivity index (χ1) is 8.43. The second-order valence-electron chi connectivity index (χ2n) is 5.23. The molecule has 0 spiro atoms. The van der Waals surface area contributed by atoms with Crippen LogP contribution in [0.3, 0.4) is 0 Å². The van der Waals surface area contributed by atoms with Gasteiger partial charge in [0.15, 0.2) is 0 Å². The molecule has 18 heavy (non-hydrogen) atoms. The molecule has 1 fully saturated rings. The molecule has 1 aliphatic carbocycles. The molecule has 1 aromatic rings. The van der Waals surface area contributed by atoms with Gasteiger partial charge in [-0.1, -0.05) is 13.8 Å².